The summed E-state index contributed by atoms with van der Waals surface area (Å²) >= 11 is 0. The van der Waals surface area contributed by atoms with Gasteiger partial charge in [0.05, 0.1) is 30.5 Å². The minimum Gasteiger partial charge on any atom is -0.398 e. The van der Waals surface area contributed by atoms with Gasteiger partial charge in [-0.25, -0.2) is 0 Å². The molecule has 0 spiro atoms. The average molecular weight is 387 g/mol. The summed E-state index contributed by atoms with van der Waals surface area (Å²) in [5, 5.41) is 2.89. The van der Waals surface area contributed by atoms with E-state index in [0.717, 1.165) is 0 Å². The Labute approximate surface area is 165 Å². The highest BCUT2D eigenvalue weighted by Gasteiger charge is 2.73. The van der Waals surface area contributed by atoms with Crippen molar-refractivity contribution in [3.8, 4) is 0 Å². The highest BCUT2D eigenvalue weighted by molar-refractivity contribution is 6.14. The number of amides is 2. The molecule has 3 atom stereocenters. The van der Waals surface area contributed by atoms with Crippen LogP contribution >= 0.6 is 0 Å². The number of carbonyl (C=O) groups is 3. The number of benzene rings is 1. The van der Waals surface area contributed by atoms with Crippen molar-refractivity contribution in [3.05, 3.63) is 29.8 Å². The lowest BCUT2D eigenvalue weighted by atomic mass is 9.91. The van der Waals surface area contributed by atoms with Crippen LogP contribution in [-0.4, -0.2) is 55.3 Å². The number of hydrogen-bond donors (Lipinski definition) is 2. The normalized spacial score (nSPS) is 26.8. The van der Waals surface area contributed by atoms with Crippen LogP contribution in [0.15, 0.2) is 24.3 Å². The molecule has 1 aromatic carbocycles. The van der Waals surface area contributed by atoms with E-state index in [9.17, 15) is 14.4 Å². The third-order valence-electron chi connectivity index (χ3n) is 5.77. The number of anilines is 1. The standard InChI is InChI=1S/C21H29N3O4/c1-13(2)12-23-19(26)16-17(20(27)24-8-10-28-11-9-24)21(16,3)18(25)14-6-4-5-7-15(14)22/h4-7,13,16-17H,8-12,22H2,1-3H3,(H,23,26)/t16-,17+,21+/m1/s1. The minimum absolute atomic E-state index is 0.154. The van der Waals surface area contributed by atoms with Gasteiger partial charge in [0, 0.05) is 30.9 Å². The number of hydrogen-bond acceptors (Lipinski definition) is 5. The van der Waals surface area contributed by atoms with E-state index in [1.165, 1.54) is 0 Å². The van der Waals surface area contributed by atoms with Gasteiger partial charge in [-0.2, -0.15) is 0 Å². The van der Waals surface area contributed by atoms with Crippen molar-refractivity contribution in [1.29, 1.82) is 0 Å². The Morgan fingerprint density at radius 1 is 1.21 bits per heavy atom. The quantitative estimate of drug-likeness (QED) is 0.566. The summed E-state index contributed by atoms with van der Waals surface area (Å²) in [5.41, 5.74) is 5.63. The number of carbonyl (C=O) groups excluding carboxylic acids is 3. The Balaban J connectivity index is 1.88. The van der Waals surface area contributed by atoms with Gasteiger partial charge in [-0.3, -0.25) is 14.4 Å². The Hall–Kier alpha value is -2.41. The lowest BCUT2D eigenvalue weighted by Crippen LogP contribution is -2.43. The second-order valence-electron chi connectivity index (χ2n) is 8.23. The molecule has 152 valence electrons. The van der Waals surface area contributed by atoms with Crippen molar-refractivity contribution in [2.75, 3.05) is 38.6 Å². The fourth-order valence-electron chi connectivity index (χ4n) is 4.01. The Bertz CT molecular complexity index is 773. The van der Waals surface area contributed by atoms with Crippen molar-refractivity contribution in [2.24, 2.45) is 23.2 Å². The maximum Gasteiger partial charge on any atom is 0.227 e. The average Bonchev–Trinajstić information content (AvgIpc) is 3.33. The van der Waals surface area contributed by atoms with Crippen LogP contribution in [0.5, 0.6) is 0 Å². The molecule has 7 heteroatoms. The third-order valence-corrected chi connectivity index (χ3v) is 5.77. The smallest absolute Gasteiger partial charge is 0.227 e. The van der Waals surface area contributed by atoms with E-state index >= 15 is 0 Å². The van der Waals surface area contributed by atoms with Crippen LogP contribution in [0.2, 0.25) is 0 Å². The summed E-state index contributed by atoms with van der Waals surface area (Å²) in [6.45, 7) is 8.12. The largest absolute Gasteiger partial charge is 0.398 e. The number of nitrogens with one attached hydrogen (secondary N) is 1. The number of para-hydroxylation sites is 1. The highest BCUT2D eigenvalue weighted by Crippen LogP contribution is 2.61. The molecule has 0 bridgehead atoms. The van der Waals surface area contributed by atoms with Gasteiger partial charge >= 0.3 is 0 Å². The lowest BCUT2D eigenvalue weighted by molar-refractivity contribution is -0.138. The van der Waals surface area contributed by atoms with E-state index in [1.54, 1.807) is 36.1 Å². The second kappa shape index (κ2) is 7.91. The molecule has 0 unspecified atom stereocenters. The summed E-state index contributed by atoms with van der Waals surface area (Å²) in [4.78, 5) is 41.1. The first-order valence-electron chi connectivity index (χ1n) is 9.82. The molecule has 0 aromatic heterocycles. The molecule has 1 saturated heterocycles. The number of ketones is 1. The van der Waals surface area contributed by atoms with Gasteiger partial charge < -0.3 is 20.7 Å². The molecule has 1 aliphatic heterocycles. The van der Waals surface area contributed by atoms with Crippen LogP contribution in [0.4, 0.5) is 5.69 Å². The second-order valence-corrected chi connectivity index (χ2v) is 8.23. The van der Waals surface area contributed by atoms with Crippen LogP contribution in [0.3, 0.4) is 0 Å². The molecule has 28 heavy (non-hydrogen) atoms. The molecule has 7 nitrogen and oxygen atoms in total. The van der Waals surface area contributed by atoms with E-state index in [1.807, 2.05) is 13.8 Å². The summed E-state index contributed by atoms with van der Waals surface area (Å²) in [6.07, 6.45) is 0. The zero-order chi connectivity index (χ0) is 20.5. The Kier molecular flexibility index (Phi) is 5.74. The molecular formula is C21H29N3O4. The fourth-order valence-corrected chi connectivity index (χ4v) is 4.01. The molecule has 1 saturated carbocycles. The van der Waals surface area contributed by atoms with Gasteiger partial charge in [-0.1, -0.05) is 32.9 Å². The van der Waals surface area contributed by atoms with Crippen LogP contribution < -0.4 is 11.1 Å². The molecule has 2 amide bonds. The molecule has 0 radical (unpaired) electrons. The minimum atomic E-state index is -1.09. The fraction of sp³-hybridized carbons (Fsp3) is 0.571. The number of ether oxygens (including phenoxy) is 1. The molecule has 1 heterocycles. The van der Waals surface area contributed by atoms with E-state index in [0.29, 0.717) is 44.1 Å². The highest BCUT2D eigenvalue weighted by atomic mass is 16.5. The van der Waals surface area contributed by atoms with Crippen molar-refractivity contribution in [1.82, 2.24) is 10.2 Å². The first kappa shape index (κ1) is 20.3. The van der Waals surface area contributed by atoms with E-state index in [4.69, 9.17) is 10.5 Å². The van der Waals surface area contributed by atoms with Crippen molar-refractivity contribution in [2.45, 2.75) is 20.8 Å². The van der Waals surface area contributed by atoms with Crippen LogP contribution in [0.1, 0.15) is 31.1 Å². The zero-order valence-electron chi connectivity index (χ0n) is 16.7. The predicted molar refractivity (Wildman–Crippen MR) is 106 cm³/mol. The zero-order valence-corrected chi connectivity index (χ0v) is 16.7. The number of Topliss-reactive ketones (excluding diaryl/α,β-unsaturated/α-hetero) is 1. The maximum absolute atomic E-state index is 13.3. The number of morpholine rings is 1. The van der Waals surface area contributed by atoms with E-state index in [2.05, 4.69) is 5.32 Å². The molecule has 2 aliphatic rings. The molecular weight excluding hydrogens is 358 g/mol. The monoisotopic (exact) mass is 387 g/mol. The van der Waals surface area contributed by atoms with Crippen LogP contribution in [-0.2, 0) is 14.3 Å². The van der Waals surface area contributed by atoms with Gasteiger partial charge in [0.2, 0.25) is 11.8 Å². The molecule has 3 rings (SSSR count). The van der Waals surface area contributed by atoms with Gasteiger partial charge in [-0.05, 0) is 18.1 Å². The van der Waals surface area contributed by atoms with Gasteiger partial charge in [-0.15, -0.1) is 0 Å². The first-order chi connectivity index (χ1) is 13.3. The van der Waals surface area contributed by atoms with Crippen molar-refractivity contribution in [3.63, 3.8) is 0 Å². The SMILES string of the molecule is CC(C)CNC(=O)[C@H]1[C@@H](C(=O)N2CCOCC2)[C@@]1(C)C(=O)c1ccccc1N. The van der Waals surface area contributed by atoms with Gasteiger partial charge in [0.25, 0.3) is 0 Å². The van der Waals surface area contributed by atoms with E-state index in [-0.39, 0.29) is 23.5 Å². The number of nitrogen functional groups attached to an aromatic ring is 1. The van der Waals surface area contributed by atoms with Crippen molar-refractivity contribution < 1.29 is 19.1 Å². The predicted octanol–water partition coefficient (Wildman–Crippen LogP) is 1.33. The summed E-state index contributed by atoms with van der Waals surface area (Å²) in [6, 6.07) is 6.80. The number of nitrogens with zero attached hydrogens (tertiary/aromatic N) is 1. The molecule has 2 fully saturated rings. The third kappa shape index (κ3) is 3.63. The van der Waals surface area contributed by atoms with Crippen molar-refractivity contribution >= 4 is 23.3 Å². The van der Waals surface area contributed by atoms with Crippen LogP contribution in [0, 0.1) is 23.2 Å². The van der Waals surface area contributed by atoms with E-state index < -0.39 is 17.3 Å². The number of rotatable bonds is 6. The summed E-state index contributed by atoms with van der Waals surface area (Å²) in [5.74, 6) is -1.73. The summed E-state index contributed by atoms with van der Waals surface area (Å²) < 4.78 is 5.32. The molecule has 3 N–H and O–H groups in total. The van der Waals surface area contributed by atoms with Gasteiger partial charge in [0.1, 0.15) is 0 Å². The maximum atomic E-state index is 13.3. The first-order valence-corrected chi connectivity index (χ1v) is 9.82. The Morgan fingerprint density at radius 3 is 2.46 bits per heavy atom. The summed E-state index contributed by atoms with van der Waals surface area (Å²) in [7, 11) is 0. The molecule has 1 aromatic rings. The van der Waals surface area contributed by atoms with Gasteiger partial charge in [0.15, 0.2) is 5.78 Å². The Morgan fingerprint density at radius 2 is 1.86 bits per heavy atom. The number of nitrogens with two attached hydrogens (primary N) is 1. The molecule has 1 aliphatic carbocycles. The van der Waals surface area contributed by atoms with Crippen LogP contribution in [0.25, 0.3) is 0 Å². The topological polar surface area (TPSA) is 102 Å². The lowest BCUT2D eigenvalue weighted by Gasteiger charge is -2.27.